The Morgan fingerprint density at radius 2 is 1.95 bits per heavy atom. The molecule has 2 nitrogen and oxygen atoms in total. The summed E-state index contributed by atoms with van der Waals surface area (Å²) in [6.45, 7) is 2.48. The predicted octanol–water partition coefficient (Wildman–Crippen LogP) is 5.15. The summed E-state index contributed by atoms with van der Waals surface area (Å²) in [7, 11) is 0. The first kappa shape index (κ1) is 14.4. The van der Waals surface area contributed by atoms with Crippen LogP contribution in [0.1, 0.15) is 23.4 Å². The molecular formula is C17H16ClNOS. The number of nitrogens with two attached hydrogens (primary N) is 1. The van der Waals surface area contributed by atoms with E-state index in [4.69, 9.17) is 22.1 Å². The van der Waals surface area contributed by atoms with Gasteiger partial charge in [0, 0.05) is 21.9 Å². The molecule has 1 heterocycles. The minimum Gasteiger partial charge on any atom is -0.487 e. The molecule has 3 rings (SSSR count). The molecule has 0 spiro atoms. The van der Waals surface area contributed by atoms with Gasteiger partial charge in [0.2, 0.25) is 0 Å². The van der Waals surface area contributed by atoms with E-state index in [9.17, 15) is 0 Å². The third-order valence-electron chi connectivity index (χ3n) is 3.39. The standard InChI is InChI=1S/C17H16ClNOS/c1-11(19)14-8-6-12-4-2-3-5-15(12)17(14)20-10-13-7-9-16(18)21-13/h2-9,11H,10,19H2,1H3/t11-/m1/s1. The van der Waals surface area contributed by atoms with Crippen LogP contribution in [0, 0.1) is 0 Å². The zero-order valence-corrected chi connectivity index (χ0v) is 13.2. The lowest BCUT2D eigenvalue weighted by molar-refractivity contribution is 0.309. The molecular weight excluding hydrogens is 302 g/mol. The lowest BCUT2D eigenvalue weighted by Crippen LogP contribution is -2.08. The SMILES string of the molecule is C[C@@H](N)c1ccc2ccccc2c1OCc1ccc(Cl)s1. The number of hydrogen-bond acceptors (Lipinski definition) is 3. The monoisotopic (exact) mass is 317 g/mol. The van der Waals surface area contributed by atoms with Crippen LogP contribution >= 0.6 is 22.9 Å². The third kappa shape index (κ3) is 3.05. The van der Waals surface area contributed by atoms with E-state index in [1.165, 1.54) is 11.3 Å². The van der Waals surface area contributed by atoms with Gasteiger partial charge in [-0.05, 0) is 24.4 Å². The fourth-order valence-electron chi connectivity index (χ4n) is 2.35. The van der Waals surface area contributed by atoms with Crippen molar-refractivity contribution in [3.63, 3.8) is 0 Å². The first-order chi connectivity index (χ1) is 10.1. The second-order valence-corrected chi connectivity index (χ2v) is 6.79. The van der Waals surface area contributed by atoms with Gasteiger partial charge in [-0.2, -0.15) is 0 Å². The summed E-state index contributed by atoms with van der Waals surface area (Å²) in [5.74, 6) is 0.868. The lowest BCUT2D eigenvalue weighted by Gasteiger charge is -2.16. The summed E-state index contributed by atoms with van der Waals surface area (Å²) in [4.78, 5) is 1.10. The fourth-order valence-corrected chi connectivity index (χ4v) is 3.35. The molecule has 4 heteroatoms. The summed E-state index contributed by atoms with van der Waals surface area (Å²) < 4.78 is 6.86. The molecule has 2 N–H and O–H groups in total. The van der Waals surface area contributed by atoms with Crippen LogP contribution in [-0.4, -0.2) is 0 Å². The smallest absolute Gasteiger partial charge is 0.132 e. The van der Waals surface area contributed by atoms with Crippen molar-refractivity contribution in [3.05, 3.63) is 63.3 Å². The summed E-state index contributed by atoms with van der Waals surface area (Å²) >= 11 is 7.50. The predicted molar refractivity (Wildman–Crippen MR) is 90.2 cm³/mol. The maximum absolute atomic E-state index is 6.08. The fraction of sp³-hybridized carbons (Fsp3) is 0.176. The van der Waals surface area contributed by atoms with Crippen LogP contribution in [0.5, 0.6) is 5.75 Å². The molecule has 0 amide bonds. The van der Waals surface area contributed by atoms with Crippen LogP contribution < -0.4 is 10.5 Å². The van der Waals surface area contributed by atoms with Crippen LogP contribution in [0.2, 0.25) is 4.34 Å². The Labute approximate surface area is 133 Å². The molecule has 0 aliphatic rings. The number of benzene rings is 2. The molecule has 0 saturated carbocycles. The van der Waals surface area contributed by atoms with Crippen LogP contribution in [0.4, 0.5) is 0 Å². The molecule has 1 atom stereocenters. The van der Waals surface area contributed by atoms with Crippen LogP contribution in [0.25, 0.3) is 10.8 Å². The summed E-state index contributed by atoms with van der Waals surface area (Å²) in [6.07, 6.45) is 0. The zero-order chi connectivity index (χ0) is 14.8. The van der Waals surface area contributed by atoms with E-state index >= 15 is 0 Å². The molecule has 3 aromatic rings. The Hall–Kier alpha value is -1.55. The van der Waals surface area contributed by atoms with Crippen LogP contribution in [0.3, 0.4) is 0 Å². The molecule has 0 bridgehead atoms. The first-order valence-corrected chi connectivity index (χ1v) is 7.99. The van der Waals surface area contributed by atoms with Crippen molar-refractivity contribution >= 4 is 33.7 Å². The topological polar surface area (TPSA) is 35.2 Å². The Morgan fingerprint density at radius 1 is 1.14 bits per heavy atom. The van der Waals surface area contributed by atoms with Crippen molar-refractivity contribution in [2.45, 2.75) is 19.6 Å². The van der Waals surface area contributed by atoms with Gasteiger partial charge in [-0.25, -0.2) is 0 Å². The third-order valence-corrected chi connectivity index (χ3v) is 4.59. The highest BCUT2D eigenvalue weighted by molar-refractivity contribution is 7.16. The molecule has 0 aliphatic heterocycles. The van der Waals surface area contributed by atoms with E-state index in [2.05, 4.69) is 18.2 Å². The largest absolute Gasteiger partial charge is 0.487 e. The van der Waals surface area contributed by atoms with Gasteiger partial charge in [0.05, 0.1) is 4.34 Å². The quantitative estimate of drug-likeness (QED) is 0.722. The van der Waals surface area contributed by atoms with Gasteiger partial charge in [-0.3, -0.25) is 0 Å². The van der Waals surface area contributed by atoms with E-state index < -0.39 is 0 Å². The highest BCUT2D eigenvalue weighted by Crippen LogP contribution is 2.34. The minimum absolute atomic E-state index is 0.0727. The van der Waals surface area contributed by atoms with Crippen molar-refractivity contribution in [1.29, 1.82) is 0 Å². The second kappa shape index (κ2) is 6.06. The van der Waals surface area contributed by atoms with Crippen molar-refractivity contribution < 1.29 is 4.74 Å². The van der Waals surface area contributed by atoms with Crippen molar-refractivity contribution in [1.82, 2.24) is 0 Å². The molecule has 0 saturated heterocycles. The van der Waals surface area contributed by atoms with Gasteiger partial charge < -0.3 is 10.5 Å². The molecule has 0 radical (unpaired) electrons. The van der Waals surface area contributed by atoms with Gasteiger partial charge in [0.1, 0.15) is 12.4 Å². The average molecular weight is 318 g/mol. The number of thiophene rings is 1. The van der Waals surface area contributed by atoms with E-state index in [-0.39, 0.29) is 6.04 Å². The molecule has 0 aliphatic carbocycles. The Kier molecular flexibility index (Phi) is 4.15. The van der Waals surface area contributed by atoms with E-state index in [1.54, 1.807) is 0 Å². The maximum Gasteiger partial charge on any atom is 0.132 e. The van der Waals surface area contributed by atoms with Gasteiger partial charge in [0.15, 0.2) is 0 Å². The lowest BCUT2D eigenvalue weighted by atomic mass is 10.0. The highest BCUT2D eigenvalue weighted by atomic mass is 35.5. The first-order valence-electron chi connectivity index (χ1n) is 6.79. The van der Waals surface area contributed by atoms with E-state index in [0.29, 0.717) is 6.61 Å². The van der Waals surface area contributed by atoms with Crippen LogP contribution in [-0.2, 0) is 6.61 Å². The second-order valence-electron chi connectivity index (χ2n) is 4.99. The Balaban J connectivity index is 1.99. The molecule has 0 unspecified atom stereocenters. The molecule has 108 valence electrons. The van der Waals surface area contributed by atoms with Crippen LogP contribution in [0.15, 0.2) is 48.5 Å². The van der Waals surface area contributed by atoms with Crippen molar-refractivity contribution in [3.8, 4) is 5.75 Å². The summed E-state index contributed by atoms with van der Waals surface area (Å²) in [5.41, 5.74) is 7.10. The molecule has 0 fully saturated rings. The molecule has 2 aromatic carbocycles. The maximum atomic E-state index is 6.08. The van der Waals surface area contributed by atoms with Gasteiger partial charge >= 0.3 is 0 Å². The van der Waals surface area contributed by atoms with Gasteiger partial charge in [0.25, 0.3) is 0 Å². The van der Waals surface area contributed by atoms with Gasteiger partial charge in [-0.15, -0.1) is 11.3 Å². The summed E-state index contributed by atoms with van der Waals surface area (Å²) in [5, 5.41) is 2.25. The minimum atomic E-state index is -0.0727. The Bertz CT molecular complexity index is 766. The number of halogens is 1. The number of fused-ring (bicyclic) bond motifs is 1. The molecule has 21 heavy (non-hydrogen) atoms. The number of ether oxygens (including phenoxy) is 1. The van der Waals surface area contributed by atoms with Crippen molar-refractivity contribution in [2.24, 2.45) is 5.73 Å². The number of hydrogen-bond donors (Lipinski definition) is 1. The van der Waals surface area contributed by atoms with E-state index in [1.807, 2.05) is 37.3 Å². The summed E-state index contributed by atoms with van der Waals surface area (Å²) in [6, 6.07) is 16.1. The van der Waals surface area contributed by atoms with Gasteiger partial charge in [-0.1, -0.05) is 48.0 Å². The Morgan fingerprint density at radius 3 is 2.67 bits per heavy atom. The molecule has 1 aromatic heterocycles. The highest BCUT2D eigenvalue weighted by Gasteiger charge is 2.12. The number of rotatable bonds is 4. The van der Waals surface area contributed by atoms with E-state index in [0.717, 1.165) is 31.3 Å². The van der Waals surface area contributed by atoms with Crippen molar-refractivity contribution in [2.75, 3.05) is 0 Å². The normalized spacial score (nSPS) is 12.5. The average Bonchev–Trinajstić information content (AvgIpc) is 2.90. The zero-order valence-electron chi connectivity index (χ0n) is 11.7.